The van der Waals surface area contributed by atoms with E-state index in [1.165, 1.54) is 0 Å². The Bertz CT molecular complexity index is 979. The molecule has 0 bridgehead atoms. The Morgan fingerprint density at radius 3 is 2.11 bits per heavy atom. The van der Waals surface area contributed by atoms with Crippen molar-refractivity contribution >= 4 is 34.0 Å². The number of carbonyl (C=O) groups excluding carboxylic acids is 1. The highest BCUT2D eigenvalue weighted by Crippen LogP contribution is 2.26. The predicted molar refractivity (Wildman–Crippen MR) is 110 cm³/mol. The quantitative estimate of drug-likeness (QED) is 0.466. The topological polar surface area (TPSA) is 44.8 Å². The molecule has 0 unspecified atom stereocenters. The van der Waals surface area contributed by atoms with Crippen molar-refractivity contribution in [2.45, 2.75) is 12.8 Å². The standard InChI is InChI=1S/C22H20O4S/c1-14(16-4-5-18-13-20(25-3)11-8-17(18)12-16)21(23)26-22(27)15-6-9-19(24-2)10-7-15/h4-14H,1-3H3/t14-/m0/s1. The van der Waals surface area contributed by atoms with Crippen molar-refractivity contribution < 1.29 is 19.0 Å². The molecule has 138 valence electrons. The van der Waals surface area contributed by atoms with Gasteiger partial charge < -0.3 is 14.2 Å². The average molecular weight is 380 g/mol. The molecule has 0 radical (unpaired) electrons. The summed E-state index contributed by atoms with van der Waals surface area (Å²) in [5, 5.41) is 2.23. The van der Waals surface area contributed by atoms with Gasteiger partial charge in [0.25, 0.3) is 0 Å². The molecule has 3 aromatic carbocycles. The van der Waals surface area contributed by atoms with Gasteiger partial charge in [-0.25, -0.2) is 0 Å². The largest absolute Gasteiger partial charge is 0.497 e. The van der Waals surface area contributed by atoms with Gasteiger partial charge >= 0.3 is 5.97 Å². The summed E-state index contributed by atoms with van der Waals surface area (Å²) in [6, 6.07) is 18.8. The molecule has 0 spiro atoms. The van der Waals surface area contributed by atoms with E-state index < -0.39 is 5.92 Å². The van der Waals surface area contributed by atoms with Crippen LogP contribution in [-0.2, 0) is 9.53 Å². The molecule has 4 nitrogen and oxygen atoms in total. The van der Waals surface area contributed by atoms with Crippen molar-refractivity contribution in [3.63, 3.8) is 0 Å². The average Bonchev–Trinajstić information content (AvgIpc) is 2.72. The second-order valence-corrected chi connectivity index (χ2v) is 6.50. The number of fused-ring (bicyclic) bond motifs is 1. The Morgan fingerprint density at radius 1 is 0.852 bits per heavy atom. The van der Waals surface area contributed by atoms with Crippen LogP contribution in [-0.4, -0.2) is 25.2 Å². The van der Waals surface area contributed by atoms with Crippen LogP contribution >= 0.6 is 12.2 Å². The summed E-state index contributed by atoms with van der Waals surface area (Å²) in [6.45, 7) is 1.81. The molecule has 0 saturated carbocycles. The van der Waals surface area contributed by atoms with Crippen LogP contribution < -0.4 is 9.47 Å². The summed E-state index contributed by atoms with van der Waals surface area (Å²) in [5.74, 6) is 0.693. The fourth-order valence-corrected chi connectivity index (χ4v) is 2.96. The molecule has 3 rings (SSSR count). The minimum absolute atomic E-state index is 0.153. The fraction of sp³-hybridized carbons (Fsp3) is 0.182. The second-order valence-electron chi connectivity index (χ2n) is 6.13. The third-order valence-electron chi connectivity index (χ3n) is 4.44. The van der Waals surface area contributed by atoms with Crippen molar-refractivity contribution in [1.29, 1.82) is 0 Å². The minimum Gasteiger partial charge on any atom is -0.497 e. The summed E-state index contributed by atoms with van der Waals surface area (Å²) in [7, 11) is 3.23. The van der Waals surface area contributed by atoms with Gasteiger partial charge in [0.05, 0.1) is 20.1 Å². The summed E-state index contributed by atoms with van der Waals surface area (Å²) in [4.78, 5) is 12.5. The Kier molecular flexibility index (Phi) is 5.72. The van der Waals surface area contributed by atoms with E-state index in [-0.39, 0.29) is 11.0 Å². The van der Waals surface area contributed by atoms with Gasteiger partial charge in [0.1, 0.15) is 11.5 Å². The van der Waals surface area contributed by atoms with Crippen molar-refractivity contribution in [3.05, 3.63) is 71.8 Å². The highest BCUT2D eigenvalue weighted by atomic mass is 32.1. The highest BCUT2D eigenvalue weighted by Gasteiger charge is 2.19. The van der Waals surface area contributed by atoms with E-state index >= 15 is 0 Å². The number of hydrogen-bond donors (Lipinski definition) is 0. The molecule has 1 atom stereocenters. The van der Waals surface area contributed by atoms with Gasteiger partial charge in [-0.3, -0.25) is 4.79 Å². The second kappa shape index (κ2) is 8.18. The maximum Gasteiger partial charge on any atom is 0.319 e. The summed E-state index contributed by atoms with van der Waals surface area (Å²) in [5.41, 5.74) is 1.53. The molecule has 0 aliphatic heterocycles. The van der Waals surface area contributed by atoms with Crippen LogP contribution in [0.1, 0.15) is 24.0 Å². The van der Waals surface area contributed by atoms with E-state index in [4.69, 9.17) is 26.4 Å². The summed E-state index contributed by atoms with van der Waals surface area (Å²) >= 11 is 5.25. The molecule has 0 aromatic heterocycles. The highest BCUT2D eigenvalue weighted by molar-refractivity contribution is 7.80. The molecule has 0 fully saturated rings. The first-order chi connectivity index (χ1) is 13.0. The number of thiocarbonyl (C=S) groups is 1. The number of ether oxygens (including phenoxy) is 3. The van der Waals surface area contributed by atoms with E-state index in [2.05, 4.69) is 0 Å². The number of hydrogen-bond acceptors (Lipinski definition) is 5. The zero-order valence-corrected chi connectivity index (χ0v) is 16.2. The fourth-order valence-electron chi connectivity index (χ4n) is 2.74. The van der Waals surface area contributed by atoms with Crippen molar-refractivity contribution in [3.8, 4) is 11.5 Å². The van der Waals surface area contributed by atoms with Gasteiger partial charge in [-0.15, -0.1) is 0 Å². The first kappa shape index (κ1) is 18.9. The maximum absolute atomic E-state index is 12.5. The third kappa shape index (κ3) is 4.26. The zero-order chi connectivity index (χ0) is 19.4. The summed E-state index contributed by atoms with van der Waals surface area (Å²) in [6.07, 6.45) is 0. The number of rotatable bonds is 5. The molecular weight excluding hydrogens is 360 g/mol. The number of methoxy groups -OCH3 is 2. The Balaban J connectivity index is 1.74. The smallest absolute Gasteiger partial charge is 0.319 e. The van der Waals surface area contributed by atoms with Crippen LogP contribution in [0.15, 0.2) is 60.7 Å². The molecule has 0 heterocycles. The first-order valence-electron chi connectivity index (χ1n) is 8.49. The SMILES string of the molecule is COc1ccc(C(=S)OC(=O)[C@@H](C)c2ccc3cc(OC)ccc3c2)cc1. The van der Waals surface area contributed by atoms with Gasteiger partial charge in [0.15, 0.2) is 0 Å². The minimum atomic E-state index is -0.437. The lowest BCUT2D eigenvalue weighted by atomic mass is 9.98. The monoisotopic (exact) mass is 380 g/mol. The van der Waals surface area contributed by atoms with Crippen LogP contribution in [0, 0.1) is 0 Å². The molecular formula is C22H20O4S. The molecule has 0 amide bonds. The number of benzene rings is 3. The lowest BCUT2D eigenvalue weighted by Gasteiger charge is -2.13. The van der Waals surface area contributed by atoms with E-state index in [0.29, 0.717) is 11.3 Å². The first-order valence-corrected chi connectivity index (χ1v) is 8.90. The third-order valence-corrected chi connectivity index (χ3v) is 4.76. The maximum atomic E-state index is 12.5. The van der Waals surface area contributed by atoms with E-state index in [9.17, 15) is 4.79 Å². The normalized spacial score (nSPS) is 11.7. The van der Waals surface area contributed by atoms with E-state index in [1.54, 1.807) is 38.5 Å². The lowest BCUT2D eigenvalue weighted by molar-refractivity contribution is -0.136. The van der Waals surface area contributed by atoms with Crippen LogP contribution in [0.2, 0.25) is 0 Å². The van der Waals surface area contributed by atoms with E-state index in [0.717, 1.165) is 22.1 Å². The Labute approximate surface area is 163 Å². The van der Waals surface area contributed by atoms with Crippen molar-refractivity contribution in [2.24, 2.45) is 0 Å². The van der Waals surface area contributed by atoms with Crippen molar-refractivity contribution in [1.82, 2.24) is 0 Å². The van der Waals surface area contributed by atoms with Gasteiger partial charge in [0, 0.05) is 5.56 Å². The molecule has 0 aliphatic rings. The van der Waals surface area contributed by atoms with Crippen LogP contribution in [0.5, 0.6) is 11.5 Å². The van der Waals surface area contributed by atoms with Crippen LogP contribution in [0.25, 0.3) is 10.8 Å². The molecule has 0 aliphatic carbocycles. The van der Waals surface area contributed by atoms with E-state index in [1.807, 2.05) is 43.3 Å². The lowest BCUT2D eigenvalue weighted by Crippen LogP contribution is -2.17. The van der Waals surface area contributed by atoms with Crippen LogP contribution in [0.3, 0.4) is 0 Å². The Hall–Kier alpha value is -2.92. The molecule has 0 saturated heterocycles. The molecule has 27 heavy (non-hydrogen) atoms. The summed E-state index contributed by atoms with van der Waals surface area (Å²) < 4.78 is 15.8. The van der Waals surface area contributed by atoms with Crippen LogP contribution in [0.4, 0.5) is 0 Å². The van der Waals surface area contributed by atoms with Gasteiger partial charge in [-0.05, 0) is 71.9 Å². The van der Waals surface area contributed by atoms with Gasteiger partial charge in [-0.1, -0.05) is 24.3 Å². The predicted octanol–water partition coefficient (Wildman–Crippen LogP) is 4.88. The molecule has 3 aromatic rings. The molecule has 5 heteroatoms. The van der Waals surface area contributed by atoms with Crippen molar-refractivity contribution in [2.75, 3.05) is 14.2 Å². The number of esters is 1. The zero-order valence-electron chi connectivity index (χ0n) is 15.4. The van der Waals surface area contributed by atoms with Gasteiger partial charge in [0.2, 0.25) is 5.05 Å². The molecule has 0 N–H and O–H groups in total. The number of carbonyl (C=O) groups is 1. The Morgan fingerprint density at radius 2 is 1.44 bits per heavy atom. The van der Waals surface area contributed by atoms with Gasteiger partial charge in [-0.2, -0.15) is 0 Å².